The number of esters is 1. The minimum Gasteiger partial charge on any atom is -0.469 e. The van der Waals surface area contributed by atoms with Crippen LogP contribution in [0.4, 0.5) is 14.5 Å². The van der Waals surface area contributed by atoms with E-state index >= 15 is 0 Å². The van der Waals surface area contributed by atoms with E-state index in [1.54, 1.807) is 0 Å². The van der Waals surface area contributed by atoms with Gasteiger partial charge in [0, 0.05) is 11.8 Å². The van der Waals surface area contributed by atoms with Crippen LogP contribution in [0.2, 0.25) is 0 Å². The van der Waals surface area contributed by atoms with E-state index in [0.717, 1.165) is 13.3 Å². The van der Waals surface area contributed by atoms with Gasteiger partial charge in [-0.3, -0.25) is 14.9 Å². The van der Waals surface area contributed by atoms with Crippen molar-refractivity contribution < 1.29 is 23.2 Å². The molecule has 0 atom stereocenters. The molecule has 0 unspecified atom stereocenters. The van der Waals surface area contributed by atoms with E-state index in [9.17, 15) is 23.7 Å². The highest BCUT2D eigenvalue weighted by molar-refractivity contribution is 5.73. The first-order chi connectivity index (χ1) is 8.38. The molecule has 0 fully saturated rings. The highest BCUT2D eigenvalue weighted by atomic mass is 19.3. The molecular formula is C10H10F2N2O4. The molecular weight excluding hydrogens is 250 g/mol. The van der Waals surface area contributed by atoms with Gasteiger partial charge in [0.25, 0.3) is 12.1 Å². The number of carbonyl (C=O) groups is 1. The van der Waals surface area contributed by atoms with Crippen molar-refractivity contribution in [2.24, 2.45) is 0 Å². The SMILES string of the molecule is COC(=O)Cc1cnc(C(F)F)c([N+](=O)[O-])c1C. The zero-order valence-corrected chi connectivity index (χ0v) is 9.65. The Kier molecular flexibility index (Phi) is 4.24. The Balaban J connectivity index is 3.30. The van der Waals surface area contributed by atoms with Gasteiger partial charge in [0.1, 0.15) is 0 Å². The van der Waals surface area contributed by atoms with Crippen LogP contribution in [0.5, 0.6) is 0 Å². The van der Waals surface area contributed by atoms with E-state index in [4.69, 9.17) is 0 Å². The lowest BCUT2D eigenvalue weighted by molar-refractivity contribution is -0.387. The van der Waals surface area contributed by atoms with Gasteiger partial charge in [-0.25, -0.2) is 13.8 Å². The number of pyridine rings is 1. The molecule has 0 saturated carbocycles. The molecule has 1 aromatic rings. The summed E-state index contributed by atoms with van der Waals surface area (Å²) in [6.45, 7) is 1.30. The van der Waals surface area contributed by atoms with Gasteiger partial charge in [-0.1, -0.05) is 0 Å². The Morgan fingerprint density at radius 1 is 1.61 bits per heavy atom. The number of nitro groups is 1. The molecule has 0 aliphatic heterocycles. The van der Waals surface area contributed by atoms with E-state index in [-0.39, 0.29) is 17.5 Å². The minimum absolute atomic E-state index is 0.00398. The number of aromatic nitrogens is 1. The number of hydrogen-bond donors (Lipinski definition) is 0. The summed E-state index contributed by atoms with van der Waals surface area (Å²) < 4.78 is 29.5. The van der Waals surface area contributed by atoms with E-state index in [1.165, 1.54) is 6.92 Å². The van der Waals surface area contributed by atoms with Crippen molar-refractivity contribution in [1.82, 2.24) is 4.98 Å². The molecule has 0 N–H and O–H groups in total. The maximum atomic E-state index is 12.6. The van der Waals surface area contributed by atoms with Gasteiger partial charge in [-0.05, 0) is 12.5 Å². The van der Waals surface area contributed by atoms with Crippen LogP contribution in [0.25, 0.3) is 0 Å². The molecule has 0 amide bonds. The summed E-state index contributed by atoms with van der Waals surface area (Å²) >= 11 is 0. The summed E-state index contributed by atoms with van der Waals surface area (Å²) in [4.78, 5) is 24.3. The second-order valence-electron chi connectivity index (χ2n) is 3.45. The largest absolute Gasteiger partial charge is 0.469 e. The normalized spacial score (nSPS) is 10.5. The molecule has 0 aromatic carbocycles. The summed E-state index contributed by atoms with van der Waals surface area (Å²) in [6.07, 6.45) is -2.27. The van der Waals surface area contributed by atoms with E-state index in [2.05, 4.69) is 9.72 Å². The van der Waals surface area contributed by atoms with Crippen LogP contribution in [0.1, 0.15) is 23.2 Å². The van der Waals surface area contributed by atoms with Crippen LogP contribution >= 0.6 is 0 Å². The Morgan fingerprint density at radius 2 is 2.22 bits per heavy atom. The van der Waals surface area contributed by atoms with Gasteiger partial charge >= 0.3 is 5.97 Å². The van der Waals surface area contributed by atoms with Gasteiger partial charge in [-0.2, -0.15) is 0 Å². The summed E-state index contributed by atoms with van der Waals surface area (Å²) in [5.74, 6) is -0.626. The van der Waals surface area contributed by atoms with Gasteiger partial charge in [-0.15, -0.1) is 0 Å². The summed E-state index contributed by atoms with van der Waals surface area (Å²) in [6, 6.07) is 0. The fourth-order valence-corrected chi connectivity index (χ4v) is 1.45. The van der Waals surface area contributed by atoms with Crippen LogP contribution in [0.15, 0.2) is 6.20 Å². The number of halogens is 2. The maximum absolute atomic E-state index is 12.6. The van der Waals surface area contributed by atoms with Gasteiger partial charge in [0.05, 0.1) is 18.5 Å². The molecule has 0 aliphatic carbocycles. The van der Waals surface area contributed by atoms with Crippen molar-refractivity contribution in [3.63, 3.8) is 0 Å². The molecule has 98 valence electrons. The average Bonchev–Trinajstić information content (AvgIpc) is 2.30. The van der Waals surface area contributed by atoms with Crippen LogP contribution < -0.4 is 0 Å². The third-order valence-electron chi connectivity index (χ3n) is 2.39. The second kappa shape index (κ2) is 5.48. The van der Waals surface area contributed by atoms with E-state index < -0.39 is 28.7 Å². The fraction of sp³-hybridized carbons (Fsp3) is 0.400. The number of nitrogens with zero attached hydrogens (tertiary/aromatic N) is 2. The maximum Gasteiger partial charge on any atom is 0.310 e. The van der Waals surface area contributed by atoms with Crippen LogP contribution in [0, 0.1) is 17.0 Å². The Bertz CT molecular complexity index is 491. The lowest BCUT2D eigenvalue weighted by Gasteiger charge is -2.08. The Hall–Kier alpha value is -2.12. The molecule has 1 heterocycles. The lowest BCUT2D eigenvalue weighted by atomic mass is 10.1. The quantitative estimate of drug-likeness (QED) is 0.469. The van der Waals surface area contributed by atoms with E-state index in [0.29, 0.717) is 0 Å². The molecule has 0 saturated heterocycles. The lowest BCUT2D eigenvalue weighted by Crippen LogP contribution is -2.10. The topological polar surface area (TPSA) is 82.3 Å². The molecule has 0 spiro atoms. The highest BCUT2D eigenvalue weighted by Crippen LogP contribution is 2.31. The van der Waals surface area contributed by atoms with Crippen molar-refractivity contribution in [3.8, 4) is 0 Å². The molecule has 0 aliphatic rings. The smallest absolute Gasteiger partial charge is 0.310 e. The number of alkyl halides is 2. The first kappa shape index (κ1) is 13.9. The summed E-state index contributed by atoms with van der Waals surface area (Å²) in [7, 11) is 1.16. The number of methoxy groups -OCH3 is 1. The zero-order chi connectivity index (χ0) is 13.9. The highest BCUT2D eigenvalue weighted by Gasteiger charge is 2.28. The van der Waals surface area contributed by atoms with Crippen molar-refractivity contribution >= 4 is 11.7 Å². The third-order valence-corrected chi connectivity index (χ3v) is 2.39. The molecule has 0 bridgehead atoms. The molecule has 8 heteroatoms. The first-order valence-electron chi connectivity index (χ1n) is 4.86. The number of rotatable bonds is 4. The second-order valence-corrected chi connectivity index (χ2v) is 3.45. The standard InChI is InChI=1S/C10H10F2N2O4/c1-5-6(3-7(15)18-2)4-13-8(10(11)12)9(5)14(16)17/h4,10H,3H2,1-2H3. The zero-order valence-electron chi connectivity index (χ0n) is 9.65. The predicted molar refractivity (Wildman–Crippen MR) is 56.3 cm³/mol. The van der Waals surface area contributed by atoms with Crippen molar-refractivity contribution in [1.29, 1.82) is 0 Å². The van der Waals surface area contributed by atoms with Crippen molar-refractivity contribution in [2.45, 2.75) is 19.8 Å². The van der Waals surface area contributed by atoms with Gasteiger partial charge in [0.15, 0.2) is 5.69 Å². The monoisotopic (exact) mass is 260 g/mol. The van der Waals surface area contributed by atoms with Crippen molar-refractivity contribution in [3.05, 3.63) is 33.1 Å². The van der Waals surface area contributed by atoms with E-state index in [1.807, 2.05) is 0 Å². The summed E-state index contributed by atoms with van der Waals surface area (Å²) in [5.41, 5.74) is -1.47. The molecule has 0 radical (unpaired) electrons. The van der Waals surface area contributed by atoms with Crippen LogP contribution in [-0.2, 0) is 16.0 Å². The minimum atomic E-state index is -3.05. The third kappa shape index (κ3) is 2.76. The molecule has 1 rings (SSSR count). The summed E-state index contributed by atoms with van der Waals surface area (Å²) in [5, 5.41) is 10.8. The van der Waals surface area contributed by atoms with Crippen LogP contribution in [0.3, 0.4) is 0 Å². The number of carbonyl (C=O) groups excluding carboxylic acids is 1. The van der Waals surface area contributed by atoms with Crippen molar-refractivity contribution in [2.75, 3.05) is 7.11 Å². The molecule has 1 aromatic heterocycles. The first-order valence-corrected chi connectivity index (χ1v) is 4.86. The number of hydrogen-bond acceptors (Lipinski definition) is 5. The predicted octanol–water partition coefficient (Wildman–Crippen LogP) is 1.95. The van der Waals surface area contributed by atoms with Crippen LogP contribution in [-0.4, -0.2) is 23.0 Å². The number of ether oxygens (including phenoxy) is 1. The Morgan fingerprint density at radius 3 is 2.67 bits per heavy atom. The van der Waals surface area contributed by atoms with Gasteiger partial charge < -0.3 is 4.74 Å². The molecule has 18 heavy (non-hydrogen) atoms. The molecule has 6 nitrogen and oxygen atoms in total. The average molecular weight is 260 g/mol. The Labute approximate surface area is 101 Å². The van der Waals surface area contributed by atoms with Gasteiger partial charge in [0.2, 0.25) is 0 Å². The fourth-order valence-electron chi connectivity index (χ4n) is 1.45.